The number of benzene rings is 2. The monoisotopic (exact) mass is 378 g/mol. The third-order valence-electron chi connectivity index (χ3n) is 4.94. The number of carbonyl (C=O) groups is 4. The van der Waals surface area contributed by atoms with E-state index in [2.05, 4.69) is 10.6 Å². The van der Waals surface area contributed by atoms with Crippen molar-refractivity contribution in [3.8, 4) is 0 Å². The Kier molecular flexibility index (Phi) is 2.36. The fourth-order valence-electron chi connectivity index (χ4n) is 4.01. The van der Waals surface area contributed by atoms with Crippen LogP contribution in [0.4, 0.5) is 0 Å². The molecule has 2 aliphatic heterocycles. The molecular formula is C18H6N2O4S2. The summed E-state index contributed by atoms with van der Waals surface area (Å²) in [5.74, 6) is -2.00. The first-order valence-electron chi connectivity index (χ1n) is 7.69. The highest BCUT2D eigenvalue weighted by molar-refractivity contribution is 7.18. The van der Waals surface area contributed by atoms with Gasteiger partial charge in [0.05, 0.1) is 22.3 Å². The van der Waals surface area contributed by atoms with Crippen LogP contribution in [-0.2, 0) is 0 Å². The summed E-state index contributed by atoms with van der Waals surface area (Å²) in [7, 11) is 0. The number of carbonyl (C=O) groups excluding carboxylic acids is 4. The van der Waals surface area contributed by atoms with Gasteiger partial charge in [0.1, 0.15) is 0 Å². The van der Waals surface area contributed by atoms with Gasteiger partial charge in [-0.2, -0.15) is 0 Å². The van der Waals surface area contributed by atoms with Gasteiger partial charge < -0.3 is 0 Å². The van der Waals surface area contributed by atoms with Gasteiger partial charge in [0.15, 0.2) is 0 Å². The molecule has 2 aromatic heterocycles. The molecule has 4 heterocycles. The number of thiophene rings is 2. The van der Waals surface area contributed by atoms with Gasteiger partial charge in [-0.05, 0) is 22.9 Å². The zero-order valence-electron chi connectivity index (χ0n) is 12.8. The van der Waals surface area contributed by atoms with Crippen molar-refractivity contribution in [3.63, 3.8) is 0 Å². The molecule has 0 fully saturated rings. The predicted molar refractivity (Wildman–Crippen MR) is 98.3 cm³/mol. The molecule has 2 aromatic carbocycles. The molecule has 0 unspecified atom stereocenters. The minimum absolute atomic E-state index is 0.355. The lowest BCUT2D eigenvalue weighted by Gasteiger charge is -2.25. The van der Waals surface area contributed by atoms with E-state index in [1.165, 1.54) is 22.7 Å². The van der Waals surface area contributed by atoms with E-state index in [0.717, 1.165) is 0 Å². The van der Waals surface area contributed by atoms with Crippen molar-refractivity contribution in [1.29, 1.82) is 0 Å². The van der Waals surface area contributed by atoms with Crippen LogP contribution in [0.5, 0.6) is 0 Å². The number of rotatable bonds is 0. The molecule has 6 rings (SSSR count). The maximum Gasteiger partial charge on any atom is 0.260 e. The van der Waals surface area contributed by atoms with Crippen LogP contribution in [0.25, 0.3) is 30.9 Å². The van der Waals surface area contributed by atoms with Gasteiger partial charge >= 0.3 is 0 Å². The fourth-order valence-corrected chi connectivity index (χ4v) is 5.91. The van der Waals surface area contributed by atoms with Crippen LogP contribution >= 0.6 is 22.7 Å². The molecule has 4 aromatic rings. The maximum atomic E-state index is 12.7. The van der Waals surface area contributed by atoms with E-state index in [4.69, 9.17) is 0 Å². The SMILES string of the molecule is O=C1NC(=O)c2c3sccc3c3c4c(c5sccc5c1c24)C(=O)NC3=O. The van der Waals surface area contributed by atoms with Crippen molar-refractivity contribution in [2.45, 2.75) is 0 Å². The topological polar surface area (TPSA) is 92.3 Å². The molecule has 0 spiro atoms. The van der Waals surface area contributed by atoms with E-state index in [0.29, 0.717) is 53.2 Å². The third kappa shape index (κ3) is 1.40. The lowest BCUT2D eigenvalue weighted by Crippen LogP contribution is -2.39. The Balaban J connectivity index is 2.10. The lowest BCUT2D eigenvalue weighted by molar-refractivity contribution is 0.0826. The predicted octanol–water partition coefficient (Wildman–Crippen LogP) is 3.04. The molecule has 0 atom stereocenters. The number of imide groups is 2. The Morgan fingerprint density at radius 3 is 1.38 bits per heavy atom. The average Bonchev–Trinajstić information content (AvgIpc) is 3.24. The Morgan fingerprint density at radius 1 is 0.577 bits per heavy atom. The van der Waals surface area contributed by atoms with E-state index in [1.54, 1.807) is 22.9 Å². The van der Waals surface area contributed by atoms with E-state index >= 15 is 0 Å². The van der Waals surface area contributed by atoms with Gasteiger partial charge in [0.25, 0.3) is 23.6 Å². The fraction of sp³-hybridized carbons (Fsp3) is 0. The van der Waals surface area contributed by atoms with Gasteiger partial charge in [0, 0.05) is 30.9 Å². The Bertz CT molecular complexity index is 1210. The summed E-state index contributed by atoms with van der Waals surface area (Å²) in [6.07, 6.45) is 0. The summed E-state index contributed by atoms with van der Waals surface area (Å²) in [6, 6.07) is 3.54. The molecule has 2 N–H and O–H groups in total. The minimum Gasteiger partial charge on any atom is -0.288 e. The van der Waals surface area contributed by atoms with Crippen LogP contribution in [0.1, 0.15) is 41.4 Å². The Labute approximate surface area is 152 Å². The van der Waals surface area contributed by atoms with Crippen LogP contribution in [0.2, 0.25) is 0 Å². The van der Waals surface area contributed by atoms with Crippen LogP contribution in [-0.4, -0.2) is 23.6 Å². The number of amides is 4. The Morgan fingerprint density at radius 2 is 0.962 bits per heavy atom. The van der Waals surface area contributed by atoms with Gasteiger partial charge in [-0.1, -0.05) is 0 Å². The summed E-state index contributed by atoms with van der Waals surface area (Å²) in [5, 5.41) is 10.5. The van der Waals surface area contributed by atoms with E-state index < -0.39 is 23.6 Å². The molecule has 0 aliphatic carbocycles. The van der Waals surface area contributed by atoms with Gasteiger partial charge in [0.2, 0.25) is 0 Å². The first-order chi connectivity index (χ1) is 12.6. The highest BCUT2D eigenvalue weighted by Gasteiger charge is 2.38. The van der Waals surface area contributed by atoms with Gasteiger partial charge in [-0.3, -0.25) is 29.8 Å². The second kappa shape index (κ2) is 4.35. The number of fused-ring (bicyclic) bond motifs is 6. The second-order valence-electron chi connectivity index (χ2n) is 6.14. The summed E-state index contributed by atoms with van der Waals surface area (Å²) >= 11 is 2.67. The zero-order valence-corrected chi connectivity index (χ0v) is 14.4. The molecule has 0 bridgehead atoms. The molecule has 0 saturated carbocycles. The van der Waals surface area contributed by atoms with Crippen molar-refractivity contribution in [2.75, 3.05) is 0 Å². The van der Waals surface area contributed by atoms with Crippen LogP contribution < -0.4 is 10.6 Å². The van der Waals surface area contributed by atoms with Crippen LogP contribution in [0.15, 0.2) is 22.9 Å². The molecule has 26 heavy (non-hydrogen) atoms. The molecule has 124 valence electrons. The highest BCUT2D eigenvalue weighted by atomic mass is 32.1. The summed E-state index contributed by atoms with van der Waals surface area (Å²) in [6.45, 7) is 0. The lowest BCUT2D eigenvalue weighted by atomic mass is 9.84. The van der Waals surface area contributed by atoms with Crippen molar-refractivity contribution in [2.24, 2.45) is 0 Å². The molecule has 2 aliphatic rings. The standard InChI is InChI=1S/C18H6N2O4S2/c21-15-7-5-1-3-25-13(5)11-10-8(16(22)20-17(11)23)6-2-4-26-14(6)12(9(7)10)18(24)19-15/h1-4H,(H,19,21,24)(H,20,22,23). The summed E-state index contributed by atoms with van der Waals surface area (Å²) in [4.78, 5) is 50.6. The molecule has 8 heteroatoms. The first-order valence-corrected chi connectivity index (χ1v) is 9.45. The van der Waals surface area contributed by atoms with Crippen molar-refractivity contribution in [1.82, 2.24) is 10.6 Å². The maximum absolute atomic E-state index is 12.7. The normalized spacial score (nSPS) is 15.8. The van der Waals surface area contributed by atoms with Crippen molar-refractivity contribution < 1.29 is 19.2 Å². The van der Waals surface area contributed by atoms with Crippen LogP contribution in [0.3, 0.4) is 0 Å². The van der Waals surface area contributed by atoms with Crippen molar-refractivity contribution >= 4 is 77.2 Å². The van der Waals surface area contributed by atoms with E-state index in [9.17, 15) is 19.2 Å². The molecule has 0 saturated heterocycles. The van der Waals surface area contributed by atoms with Crippen molar-refractivity contribution in [3.05, 3.63) is 45.1 Å². The molecule has 4 amide bonds. The smallest absolute Gasteiger partial charge is 0.260 e. The minimum atomic E-state index is -0.502. The first kappa shape index (κ1) is 14.1. The van der Waals surface area contributed by atoms with Gasteiger partial charge in [-0.25, -0.2) is 0 Å². The summed E-state index contributed by atoms with van der Waals surface area (Å²) in [5.41, 5.74) is 1.43. The molecular weight excluding hydrogens is 372 g/mol. The number of hydrogen-bond acceptors (Lipinski definition) is 6. The number of hydrogen-bond donors (Lipinski definition) is 2. The number of nitrogens with one attached hydrogen (secondary N) is 2. The van der Waals surface area contributed by atoms with Crippen LogP contribution in [0, 0.1) is 0 Å². The highest BCUT2D eigenvalue weighted by Crippen LogP contribution is 2.46. The molecule has 6 nitrogen and oxygen atoms in total. The molecule has 0 radical (unpaired) electrons. The van der Waals surface area contributed by atoms with Gasteiger partial charge in [-0.15, -0.1) is 22.7 Å². The second-order valence-corrected chi connectivity index (χ2v) is 7.98. The average molecular weight is 378 g/mol. The largest absolute Gasteiger partial charge is 0.288 e. The van der Waals surface area contributed by atoms with E-state index in [-0.39, 0.29) is 0 Å². The third-order valence-corrected chi connectivity index (χ3v) is 6.80. The quantitative estimate of drug-likeness (QED) is 0.460. The zero-order chi connectivity index (χ0) is 17.7. The van der Waals surface area contributed by atoms with E-state index in [1.807, 2.05) is 0 Å². The Hall–Kier alpha value is -3.10. The summed E-state index contributed by atoms with van der Waals surface area (Å²) < 4.78 is 1.28.